The number of rotatable bonds is 10. The average Bonchev–Trinajstić information content (AvgIpc) is 3.14. The molecule has 0 spiro atoms. The Morgan fingerprint density at radius 2 is 1.60 bits per heavy atom. The Morgan fingerprint density at radius 1 is 0.867 bits per heavy atom. The van der Waals surface area contributed by atoms with E-state index in [1.54, 1.807) is 0 Å². The van der Waals surface area contributed by atoms with E-state index in [0.29, 0.717) is 6.10 Å². The van der Waals surface area contributed by atoms with E-state index in [-0.39, 0.29) is 0 Å². The molecule has 0 radical (unpaired) electrons. The molecule has 164 valence electrons. The fourth-order valence-electron chi connectivity index (χ4n) is 5.72. The number of piperidine rings is 2. The molecule has 0 bridgehead atoms. The number of ether oxygens (including phenoxy) is 2. The predicted octanol–water partition coefficient (Wildman–Crippen LogP) is 4.35. The monoisotopic (exact) mass is 410 g/mol. The average molecular weight is 411 g/mol. The molecule has 2 saturated heterocycles. The van der Waals surface area contributed by atoms with Gasteiger partial charge in [-0.15, -0.1) is 0 Å². The lowest BCUT2D eigenvalue weighted by atomic mass is 10.1. The van der Waals surface area contributed by atoms with Gasteiger partial charge >= 0.3 is 0 Å². The molecule has 3 fully saturated rings. The van der Waals surface area contributed by atoms with Crippen molar-refractivity contribution >= 4 is 0 Å². The van der Waals surface area contributed by atoms with Crippen LogP contribution < -0.4 is 4.74 Å². The van der Waals surface area contributed by atoms with Crippen molar-refractivity contribution in [2.75, 3.05) is 45.9 Å². The Labute approximate surface area is 182 Å². The first-order chi connectivity index (χ1) is 14.8. The van der Waals surface area contributed by atoms with Crippen LogP contribution in [-0.2, 0) is 11.3 Å². The first-order valence-corrected chi connectivity index (χ1v) is 12.3. The standard InChI is InChI=1S/C26H38N2O2/c1-4-13-27(14-5-1)15-6-16-29-20-26-24-18-28(19-25(24)26)17-21-9-11-23(12-10-21)30-22-7-2-3-8-22/h2-3,9-12,22,24-26H,1,4-8,13-20H2/t24-,25+,26+. The zero-order valence-corrected chi connectivity index (χ0v) is 18.4. The molecule has 2 aliphatic carbocycles. The van der Waals surface area contributed by atoms with E-state index >= 15 is 0 Å². The van der Waals surface area contributed by atoms with Crippen LogP contribution in [0.5, 0.6) is 5.75 Å². The Kier molecular flexibility index (Phi) is 6.74. The minimum atomic E-state index is 0.338. The van der Waals surface area contributed by atoms with E-state index in [1.807, 2.05) is 0 Å². The molecule has 0 N–H and O–H groups in total. The highest BCUT2D eigenvalue weighted by molar-refractivity contribution is 5.28. The smallest absolute Gasteiger partial charge is 0.119 e. The molecule has 3 atom stereocenters. The highest BCUT2D eigenvalue weighted by Crippen LogP contribution is 2.52. The number of hydrogen-bond donors (Lipinski definition) is 0. The van der Waals surface area contributed by atoms with Crippen molar-refractivity contribution in [2.45, 2.75) is 51.2 Å². The van der Waals surface area contributed by atoms with Gasteiger partial charge in [-0.25, -0.2) is 0 Å². The fraction of sp³-hybridized carbons (Fsp3) is 0.692. The summed E-state index contributed by atoms with van der Waals surface area (Å²) in [5.74, 6) is 3.59. The van der Waals surface area contributed by atoms with Gasteiger partial charge in [-0.1, -0.05) is 30.7 Å². The maximum absolute atomic E-state index is 6.04. The van der Waals surface area contributed by atoms with Crippen molar-refractivity contribution in [3.05, 3.63) is 42.0 Å². The van der Waals surface area contributed by atoms with Crippen molar-refractivity contribution in [1.82, 2.24) is 9.80 Å². The molecule has 4 aliphatic rings. The second-order valence-electron chi connectivity index (χ2n) is 9.84. The molecule has 0 unspecified atom stereocenters. The van der Waals surface area contributed by atoms with Gasteiger partial charge in [-0.3, -0.25) is 4.90 Å². The third-order valence-corrected chi connectivity index (χ3v) is 7.57. The molecule has 0 aromatic heterocycles. The number of likely N-dealkylation sites (tertiary alicyclic amines) is 2. The summed E-state index contributed by atoms with van der Waals surface area (Å²) in [4.78, 5) is 5.24. The largest absolute Gasteiger partial charge is 0.490 e. The quantitative estimate of drug-likeness (QED) is 0.423. The summed E-state index contributed by atoms with van der Waals surface area (Å²) in [6, 6.07) is 8.77. The Hall–Kier alpha value is -1.36. The second kappa shape index (κ2) is 9.84. The number of hydrogen-bond acceptors (Lipinski definition) is 4. The van der Waals surface area contributed by atoms with Crippen molar-refractivity contribution < 1.29 is 9.47 Å². The molecule has 1 saturated carbocycles. The van der Waals surface area contributed by atoms with Gasteiger partial charge in [0.15, 0.2) is 0 Å². The van der Waals surface area contributed by atoms with Crippen LogP contribution in [0.3, 0.4) is 0 Å². The van der Waals surface area contributed by atoms with Gasteiger partial charge in [-0.2, -0.15) is 0 Å². The summed E-state index contributed by atoms with van der Waals surface area (Å²) in [7, 11) is 0. The molecule has 1 aromatic carbocycles. The first kappa shape index (κ1) is 20.5. The summed E-state index contributed by atoms with van der Waals surface area (Å²) >= 11 is 0. The third kappa shape index (κ3) is 5.27. The summed E-state index contributed by atoms with van der Waals surface area (Å²) in [6.07, 6.45) is 12.3. The SMILES string of the molecule is C1=CCC(Oc2ccc(CN3C[C@@H]4[C@@H](COCCCN5CCCCC5)[C@@H]4C3)cc2)C1. The van der Waals surface area contributed by atoms with Crippen LogP contribution in [0.15, 0.2) is 36.4 Å². The van der Waals surface area contributed by atoms with Crippen molar-refractivity contribution in [3.8, 4) is 5.75 Å². The van der Waals surface area contributed by atoms with Gasteiger partial charge in [0, 0.05) is 45.6 Å². The summed E-state index contributed by atoms with van der Waals surface area (Å²) in [6.45, 7) is 9.34. The van der Waals surface area contributed by atoms with Gasteiger partial charge in [0.05, 0.1) is 6.61 Å². The topological polar surface area (TPSA) is 24.9 Å². The van der Waals surface area contributed by atoms with E-state index < -0.39 is 0 Å². The highest BCUT2D eigenvalue weighted by atomic mass is 16.5. The number of nitrogens with zero attached hydrogens (tertiary/aromatic N) is 2. The van der Waals surface area contributed by atoms with Crippen LogP contribution in [-0.4, -0.2) is 61.8 Å². The van der Waals surface area contributed by atoms with Gasteiger partial charge in [0.2, 0.25) is 0 Å². The minimum Gasteiger partial charge on any atom is -0.490 e. The molecule has 4 nitrogen and oxygen atoms in total. The normalized spacial score (nSPS) is 29.4. The fourth-order valence-corrected chi connectivity index (χ4v) is 5.72. The van der Waals surface area contributed by atoms with Gasteiger partial charge in [0.25, 0.3) is 0 Å². The lowest BCUT2D eigenvalue weighted by Crippen LogP contribution is -2.31. The van der Waals surface area contributed by atoms with Crippen LogP contribution in [0.4, 0.5) is 0 Å². The van der Waals surface area contributed by atoms with Crippen LogP contribution in [0, 0.1) is 17.8 Å². The van der Waals surface area contributed by atoms with Gasteiger partial charge in [0.1, 0.15) is 11.9 Å². The summed E-state index contributed by atoms with van der Waals surface area (Å²) < 4.78 is 12.1. The van der Waals surface area contributed by atoms with Crippen LogP contribution >= 0.6 is 0 Å². The second-order valence-corrected chi connectivity index (χ2v) is 9.84. The summed E-state index contributed by atoms with van der Waals surface area (Å²) in [5.41, 5.74) is 1.40. The van der Waals surface area contributed by atoms with E-state index in [2.05, 4.69) is 46.2 Å². The lowest BCUT2D eigenvalue weighted by molar-refractivity contribution is 0.0967. The number of benzene rings is 1. The maximum Gasteiger partial charge on any atom is 0.119 e. The molecule has 0 amide bonds. The van der Waals surface area contributed by atoms with Crippen molar-refractivity contribution in [2.24, 2.45) is 17.8 Å². The van der Waals surface area contributed by atoms with E-state index in [9.17, 15) is 0 Å². The molecule has 2 heterocycles. The third-order valence-electron chi connectivity index (χ3n) is 7.57. The van der Waals surface area contributed by atoms with Crippen LogP contribution in [0.25, 0.3) is 0 Å². The molecular weight excluding hydrogens is 372 g/mol. The Morgan fingerprint density at radius 3 is 2.33 bits per heavy atom. The summed E-state index contributed by atoms with van der Waals surface area (Å²) in [5, 5.41) is 0. The molecular formula is C26H38N2O2. The molecule has 2 aliphatic heterocycles. The number of fused-ring (bicyclic) bond motifs is 1. The Bertz CT molecular complexity index is 677. The molecule has 4 heteroatoms. The van der Waals surface area contributed by atoms with E-state index in [0.717, 1.165) is 56.1 Å². The zero-order valence-electron chi connectivity index (χ0n) is 18.4. The Balaban J connectivity index is 0.948. The lowest BCUT2D eigenvalue weighted by Gasteiger charge is -2.26. The van der Waals surface area contributed by atoms with Gasteiger partial charge in [-0.05, 0) is 67.8 Å². The van der Waals surface area contributed by atoms with Crippen LogP contribution in [0.2, 0.25) is 0 Å². The van der Waals surface area contributed by atoms with Crippen molar-refractivity contribution in [1.29, 1.82) is 0 Å². The molecule has 30 heavy (non-hydrogen) atoms. The van der Waals surface area contributed by atoms with E-state index in [1.165, 1.54) is 64.0 Å². The zero-order chi connectivity index (χ0) is 20.2. The predicted molar refractivity (Wildman–Crippen MR) is 121 cm³/mol. The highest BCUT2D eigenvalue weighted by Gasteiger charge is 2.55. The maximum atomic E-state index is 6.04. The minimum absolute atomic E-state index is 0.338. The van der Waals surface area contributed by atoms with Gasteiger partial charge < -0.3 is 14.4 Å². The van der Waals surface area contributed by atoms with Crippen LogP contribution in [0.1, 0.15) is 44.1 Å². The molecule has 1 aromatic rings. The van der Waals surface area contributed by atoms with Crippen molar-refractivity contribution in [3.63, 3.8) is 0 Å². The first-order valence-electron chi connectivity index (χ1n) is 12.3. The van der Waals surface area contributed by atoms with E-state index in [4.69, 9.17) is 9.47 Å². The molecule has 5 rings (SSSR count).